The maximum absolute atomic E-state index is 14.4. The summed E-state index contributed by atoms with van der Waals surface area (Å²) in [5, 5.41) is 5.82. The summed E-state index contributed by atoms with van der Waals surface area (Å²) in [4.78, 5) is 35.7. The van der Waals surface area contributed by atoms with E-state index in [1.807, 2.05) is 0 Å². The van der Waals surface area contributed by atoms with Crippen LogP contribution in [0, 0.1) is 24.7 Å². The van der Waals surface area contributed by atoms with Gasteiger partial charge in [-0.05, 0) is 51.4 Å². The van der Waals surface area contributed by atoms with Crippen molar-refractivity contribution in [1.29, 1.82) is 0 Å². The van der Waals surface area contributed by atoms with Crippen molar-refractivity contribution in [2.24, 2.45) is 54.4 Å². The molecule has 0 spiro atoms. The third kappa shape index (κ3) is 44.7. The van der Waals surface area contributed by atoms with Crippen LogP contribution in [0.3, 0.4) is 0 Å². The van der Waals surface area contributed by atoms with Crippen LogP contribution in [0.15, 0.2) is 20.0 Å². The molecule has 2 amide bonds. The standard InChI is InChI=1S/C51H100N14O/c1-3-37-60-49(56)62-41-31-23-15-7-11-19-27-35-45-64(43-33-25-17-9-5-13-21-29-39-58-47(52)53)51(66)65(44-34-26-18-10-6-14-22-30-40-59-48(54)55)46-36-28-20-12-8-16-24-32-42-63-50(57)61-38-4-2/h1-2H,5-46H2,(H4,52,53,58)(H4,54,55,59)(H3,56,60,62)(H3,57,61,63). The Hall–Kier alpha value is -4.53. The maximum Gasteiger partial charge on any atom is 0.319 e. The van der Waals surface area contributed by atoms with Crippen molar-refractivity contribution in [1.82, 2.24) is 20.4 Å². The summed E-state index contributed by atoms with van der Waals surface area (Å²) in [6.07, 6.45) is 47.8. The van der Waals surface area contributed by atoms with E-state index in [4.69, 9.17) is 47.2 Å². The summed E-state index contributed by atoms with van der Waals surface area (Å²) >= 11 is 0. The monoisotopic (exact) mass is 925 g/mol. The molecule has 0 aliphatic heterocycles. The third-order valence-electron chi connectivity index (χ3n) is 11.8. The van der Waals surface area contributed by atoms with Gasteiger partial charge in [-0.15, -0.1) is 12.8 Å². The Kier molecular flexibility index (Phi) is 45.1. The van der Waals surface area contributed by atoms with E-state index in [9.17, 15) is 4.79 Å². The number of carbonyl (C=O) groups is 1. The molecule has 0 saturated carbocycles. The maximum atomic E-state index is 14.4. The van der Waals surface area contributed by atoms with Crippen LogP contribution in [0.4, 0.5) is 4.79 Å². The molecule has 0 aromatic heterocycles. The fourth-order valence-electron chi connectivity index (χ4n) is 7.92. The van der Waals surface area contributed by atoms with Gasteiger partial charge in [-0.25, -0.2) is 4.79 Å². The Balaban J connectivity index is 5.13. The summed E-state index contributed by atoms with van der Waals surface area (Å²) < 4.78 is 0. The number of hydrogen-bond donors (Lipinski definition) is 8. The van der Waals surface area contributed by atoms with Gasteiger partial charge in [0.1, 0.15) is 0 Å². The first kappa shape index (κ1) is 61.5. The number of nitrogens with two attached hydrogens (primary N) is 6. The molecule has 0 heterocycles. The number of aliphatic imine (C=N–C) groups is 4. The molecule has 15 nitrogen and oxygen atoms in total. The minimum absolute atomic E-state index is 0.178. The van der Waals surface area contributed by atoms with E-state index in [2.05, 4.69) is 52.2 Å². The lowest BCUT2D eigenvalue weighted by Gasteiger charge is -2.31. The van der Waals surface area contributed by atoms with Gasteiger partial charge in [-0.1, -0.05) is 166 Å². The van der Waals surface area contributed by atoms with E-state index in [0.717, 1.165) is 142 Å². The zero-order valence-corrected chi connectivity index (χ0v) is 41.9. The SMILES string of the molecule is C#CCNC(N)=NCCCCCCCCCCN(CCCCCCCCCCN=C(N)N)C(=O)N(CCCCCCCCCCN=C(N)N)CCCCCCCCCCN=C(N)NCC#C. The minimum atomic E-state index is 0.178. The van der Waals surface area contributed by atoms with Crippen molar-refractivity contribution in [2.45, 2.75) is 205 Å². The predicted molar refractivity (Wildman–Crippen MR) is 284 cm³/mol. The van der Waals surface area contributed by atoms with Crippen LogP contribution < -0.4 is 45.0 Å². The molecule has 0 atom stereocenters. The second-order valence-electron chi connectivity index (χ2n) is 17.8. The number of nitrogens with one attached hydrogen (secondary N) is 2. The largest absolute Gasteiger partial charge is 0.370 e. The fraction of sp³-hybridized carbons (Fsp3) is 0.824. The third-order valence-corrected chi connectivity index (χ3v) is 11.8. The minimum Gasteiger partial charge on any atom is -0.370 e. The smallest absolute Gasteiger partial charge is 0.319 e. The molecule has 0 fully saturated rings. The Labute approximate surface area is 403 Å². The number of amides is 2. The Morgan fingerprint density at radius 3 is 0.788 bits per heavy atom. The van der Waals surface area contributed by atoms with Crippen LogP contribution in [-0.4, -0.2) is 105 Å². The highest BCUT2D eigenvalue weighted by molar-refractivity contribution is 5.78. The molecular weight excluding hydrogens is 825 g/mol. The first-order valence-electron chi connectivity index (χ1n) is 26.3. The first-order chi connectivity index (χ1) is 32.2. The highest BCUT2D eigenvalue weighted by atomic mass is 16.2. The fourth-order valence-corrected chi connectivity index (χ4v) is 7.92. The van der Waals surface area contributed by atoms with E-state index in [0.29, 0.717) is 38.1 Å². The molecule has 0 rings (SSSR count). The summed E-state index contributed by atoms with van der Waals surface area (Å²) in [6.45, 7) is 7.10. The molecule has 0 aliphatic carbocycles. The highest BCUT2D eigenvalue weighted by Crippen LogP contribution is 2.16. The quantitative estimate of drug-likeness (QED) is 0.0128. The second kappa shape index (κ2) is 48.4. The molecule has 380 valence electrons. The number of guanidine groups is 4. The summed E-state index contributed by atoms with van der Waals surface area (Å²) in [5.41, 5.74) is 33.4. The molecule has 15 heteroatoms. The van der Waals surface area contributed by atoms with Crippen LogP contribution in [0.25, 0.3) is 0 Å². The van der Waals surface area contributed by atoms with Crippen LogP contribution in [0.2, 0.25) is 0 Å². The normalized spacial score (nSPS) is 11.4. The highest BCUT2D eigenvalue weighted by Gasteiger charge is 2.20. The Morgan fingerprint density at radius 1 is 0.348 bits per heavy atom. The Bertz CT molecular complexity index is 1230. The van der Waals surface area contributed by atoms with Crippen molar-refractivity contribution in [2.75, 3.05) is 65.4 Å². The first-order valence-corrected chi connectivity index (χ1v) is 26.3. The van der Waals surface area contributed by atoms with Crippen molar-refractivity contribution in [3.8, 4) is 24.7 Å². The van der Waals surface area contributed by atoms with Gasteiger partial charge in [0, 0.05) is 52.4 Å². The topological polar surface area (TPSA) is 253 Å². The van der Waals surface area contributed by atoms with Gasteiger partial charge in [-0.2, -0.15) is 0 Å². The number of terminal acetylenes is 2. The van der Waals surface area contributed by atoms with Crippen molar-refractivity contribution >= 4 is 29.9 Å². The molecule has 66 heavy (non-hydrogen) atoms. The van der Waals surface area contributed by atoms with Gasteiger partial charge in [0.15, 0.2) is 23.8 Å². The zero-order chi connectivity index (χ0) is 48.4. The summed E-state index contributed by atoms with van der Waals surface area (Å²) in [6, 6.07) is 0.257. The molecule has 0 saturated heterocycles. The van der Waals surface area contributed by atoms with E-state index in [1.54, 1.807) is 0 Å². The second-order valence-corrected chi connectivity index (χ2v) is 17.8. The van der Waals surface area contributed by atoms with Gasteiger partial charge >= 0.3 is 6.03 Å². The number of hydrogen-bond acceptors (Lipinski definition) is 5. The summed E-state index contributed by atoms with van der Waals surface area (Å²) in [5.74, 6) is 6.23. The van der Waals surface area contributed by atoms with Crippen molar-refractivity contribution in [3.63, 3.8) is 0 Å². The van der Waals surface area contributed by atoms with Crippen LogP contribution in [0.5, 0.6) is 0 Å². The van der Waals surface area contributed by atoms with Crippen LogP contribution >= 0.6 is 0 Å². The predicted octanol–water partition coefficient (Wildman–Crippen LogP) is 7.82. The van der Waals surface area contributed by atoms with Crippen molar-refractivity contribution in [3.05, 3.63) is 0 Å². The molecule has 0 aliphatic rings. The zero-order valence-electron chi connectivity index (χ0n) is 41.9. The molecule has 0 bridgehead atoms. The van der Waals surface area contributed by atoms with Gasteiger partial charge in [-0.3, -0.25) is 20.0 Å². The average molecular weight is 925 g/mol. The number of unbranched alkanes of at least 4 members (excludes halogenated alkanes) is 28. The lowest BCUT2D eigenvalue weighted by molar-refractivity contribution is 0.148. The van der Waals surface area contributed by atoms with E-state index in [-0.39, 0.29) is 18.0 Å². The number of carbonyl (C=O) groups excluding carboxylic acids is 1. The van der Waals surface area contributed by atoms with Crippen LogP contribution in [-0.2, 0) is 0 Å². The average Bonchev–Trinajstić information content (AvgIpc) is 3.30. The van der Waals surface area contributed by atoms with Gasteiger partial charge in [0.05, 0.1) is 13.1 Å². The molecule has 0 aromatic carbocycles. The molecule has 0 radical (unpaired) electrons. The lowest BCUT2D eigenvalue weighted by atomic mass is 10.1. The van der Waals surface area contributed by atoms with Gasteiger partial charge in [0.25, 0.3) is 0 Å². The van der Waals surface area contributed by atoms with E-state index < -0.39 is 0 Å². The number of nitrogens with zero attached hydrogens (tertiary/aromatic N) is 6. The number of rotatable bonds is 46. The molecule has 14 N–H and O–H groups in total. The van der Waals surface area contributed by atoms with Gasteiger partial charge < -0.3 is 54.8 Å². The van der Waals surface area contributed by atoms with E-state index >= 15 is 0 Å². The van der Waals surface area contributed by atoms with Crippen LogP contribution in [0.1, 0.15) is 205 Å². The Morgan fingerprint density at radius 2 is 0.561 bits per heavy atom. The van der Waals surface area contributed by atoms with Gasteiger partial charge in [0.2, 0.25) is 0 Å². The van der Waals surface area contributed by atoms with E-state index in [1.165, 1.54) is 103 Å². The summed E-state index contributed by atoms with van der Waals surface area (Å²) in [7, 11) is 0. The molecule has 0 aromatic rings. The molecule has 0 unspecified atom stereocenters. The lowest BCUT2D eigenvalue weighted by Crippen LogP contribution is -2.45. The number of urea groups is 1. The van der Waals surface area contributed by atoms with Crippen molar-refractivity contribution < 1.29 is 4.79 Å². The molecular formula is C51H100N14O.